The van der Waals surface area contributed by atoms with Gasteiger partial charge in [-0.3, -0.25) is 4.79 Å². The van der Waals surface area contributed by atoms with Crippen molar-refractivity contribution < 1.29 is 27.3 Å². The van der Waals surface area contributed by atoms with Crippen LogP contribution in [0, 0.1) is 0 Å². The Morgan fingerprint density at radius 1 is 1.12 bits per heavy atom. The normalized spacial score (nSPS) is 16.2. The molecule has 0 fully saturated rings. The summed E-state index contributed by atoms with van der Waals surface area (Å²) in [6, 6.07) is 15.4. The van der Waals surface area contributed by atoms with Crippen LogP contribution in [0.25, 0.3) is 11.0 Å². The molecule has 0 bridgehead atoms. The van der Waals surface area contributed by atoms with Crippen molar-refractivity contribution in [1.29, 1.82) is 0 Å². The van der Waals surface area contributed by atoms with Crippen molar-refractivity contribution >= 4 is 16.8 Å². The second-order valence-electron chi connectivity index (χ2n) is 7.81. The van der Waals surface area contributed by atoms with E-state index in [2.05, 4.69) is 9.72 Å². The predicted molar refractivity (Wildman–Crippen MR) is 110 cm³/mol. The molecule has 0 radical (unpaired) electrons. The first kappa shape index (κ1) is 20.2. The van der Waals surface area contributed by atoms with Crippen LogP contribution in [-0.4, -0.2) is 21.7 Å². The van der Waals surface area contributed by atoms with Crippen LogP contribution < -0.4 is 9.30 Å². The summed E-state index contributed by atoms with van der Waals surface area (Å²) >= 11 is 0. The summed E-state index contributed by atoms with van der Waals surface area (Å²) < 4.78 is 45.6. The molecular weight excluding hydrogens is 419 g/mol. The average molecular weight is 438 g/mol. The summed E-state index contributed by atoms with van der Waals surface area (Å²) in [5.41, 5.74) is 3.70. The summed E-state index contributed by atoms with van der Waals surface area (Å²) in [6.45, 7) is 0.696. The quantitative estimate of drug-likeness (QED) is 0.436. The Kier molecular flexibility index (Phi) is 4.92. The van der Waals surface area contributed by atoms with Crippen LogP contribution >= 0.6 is 0 Å². The van der Waals surface area contributed by atoms with Gasteiger partial charge < -0.3 is 9.30 Å². The number of benzene rings is 2. The maximum Gasteiger partial charge on any atom is 0.573 e. The zero-order valence-corrected chi connectivity index (χ0v) is 16.9. The summed E-state index contributed by atoms with van der Waals surface area (Å²) in [5, 5.41) is 0. The predicted octanol–water partition coefficient (Wildman–Crippen LogP) is 4.64. The summed E-state index contributed by atoms with van der Waals surface area (Å²) in [6.07, 6.45) is 1.82. The number of aryl methyl sites for hydroxylation is 1. The van der Waals surface area contributed by atoms with Crippen molar-refractivity contribution in [2.24, 2.45) is 0 Å². The number of nitrogens with zero attached hydrogens (tertiary/aromatic N) is 3. The molecule has 0 saturated carbocycles. The van der Waals surface area contributed by atoms with Gasteiger partial charge >= 0.3 is 6.36 Å². The Morgan fingerprint density at radius 3 is 2.72 bits per heavy atom. The maximum atomic E-state index is 13.2. The molecule has 1 aliphatic rings. The van der Waals surface area contributed by atoms with E-state index < -0.39 is 12.4 Å². The molecule has 0 aliphatic heterocycles. The molecule has 1 aliphatic carbocycles. The van der Waals surface area contributed by atoms with Crippen LogP contribution in [0.15, 0.2) is 73.3 Å². The molecule has 5 nitrogen and oxygen atoms in total. The van der Waals surface area contributed by atoms with Gasteiger partial charge in [0.05, 0.1) is 17.9 Å². The molecule has 8 heteroatoms. The van der Waals surface area contributed by atoms with E-state index >= 15 is 0 Å². The fourth-order valence-corrected chi connectivity index (χ4v) is 4.23. The number of halogens is 3. The number of alkyl halides is 3. The van der Waals surface area contributed by atoms with E-state index in [0.717, 1.165) is 22.2 Å². The third-order valence-electron chi connectivity index (χ3n) is 5.69. The number of aromatic nitrogens is 3. The van der Waals surface area contributed by atoms with Crippen LogP contribution in [0.5, 0.6) is 5.75 Å². The minimum Gasteiger partial charge on any atom is -0.406 e. The molecular formula is C24H19F3N3O2+. The molecule has 5 rings (SSSR count). The zero-order chi connectivity index (χ0) is 22.3. The van der Waals surface area contributed by atoms with Crippen molar-refractivity contribution in [1.82, 2.24) is 9.55 Å². The smallest absolute Gasteiger partial charge is 0.406 e. The van der Waals surface area contributed by atoms with E-state index in [1.165, 1.54) is 18.2 Å². The van der Waals surface area contributed by atoms with Crippen LogP contribution in [0.3, 0.4) is 0 Å². The second kappa shape index (κ2) is 7.78. The highest BCUT2D eigenvalue weighted by molar-refractivity contribution is 6.02. The maximum absolute atomic E-state index is 13.2. The van der Waals surface area contributed by atoms with Gasteiger partial charge in [0.2, 0.25) is 0 Å². The summed E-state index contributed by atoms with van der Waals surface area (Å²) in [7, 11) is 0. The number of pyridine rings is 1. The highest BCUT2D eigenvalue weighted by atomic mass is 19.4. The molecule has 162 valence electrons. The van der Waals surface area contributed by atoms with E-state index in [-0.39, 0.29) is 17.1 Å². The Balaban J connectivity index is 1.43. The Bertz CT molecular complexity index is 1300. The van der Waals surface area contributed by atoms with Gasteiger partial charge in [-0.2, -0.15) is 4.57 Å². The molecule has 1 unspecified atom stereocenters. The SMILES string of the molecule is O=C1c2cc(OC(F)(F)F)ccc2CCC1n1cnc2c[n+](Cc3ccccc3)ccc21. The second-order valence-corrected chi connectivity index (χ2v) is 7.81. The zero-order valence-electron chi connectivity index (χ0n) is 16.9. The Labute approximate surface area is 181 Å². The van der Waals surface area contributed by atoms with E-state index in [0.29, 0.717) is 19.4 Å². The van der Waals surface area contributed by atoms with Crippen LogP contribution in [0.2, 0.25) is 0 Å². The lowest BCUT2D eigenvalue weighted by molar-refractivity contribution is -0.687. The van der Waals surface area contributed by atoms with Gasteiger partial charge in [-0.25, -0.2) is 4.98 Å². The van der Waals surface area contributed by atoms with Crippen LogP contribution in [0.4, 0.5) is 13.2 Å². The number of Topliss-reactive ketones (excluding diaryl/α,β-unsaturated/α-hetero) is 1. The fraction of sp³-hybridized carbons (Fsp3) is 0.208. The summed E-state index contributed by atoms with van der Waals surface area (Å²) in [4.78, 5) is 17.7. The standard InChI is InChI=1S/C24H19F3N3O2/c25-24(26,27)32-18-8-6-17-7-9-22(23(31)19(17)12-18)30-15-28-20-14-29(11-10-21(20)30)13-16-4-2-1-3-5-16/h1-6,8,10-12,14-15,22H,7,9,13H2/q+1. The Hall–Kier alpha value is -3.68. The van der Waals surface area contributed by atoms with Crippen molar-refractivity contribution in [3.8, 4) is 5.75 Å². The molecule has 0 N–H and O–H groups in total. The molecule has 32 heavy (non-hydrogen) atoms. The molecule has 0 saturated heterocycles. The van der Waals surface area contributed by atoms with Gasteiger partial charge in [0.15, 0.2) is 30.2 Å². The average Bonchev–Trinajstić information content (AvgIpc) is 3.17. The van der Waals surface area contributed by atoms with Crippen molar-refractivity contribution in [3.05, 3.63) is 90.0 Å². The van der Waals surface area contributed by atoms with Gasteiger partial charge in [0.25, 0.3) is 0 Å². The topological polar surface area (TPSA) is 48.0 Å². The number of fused-ring (bicyclic) bond motifs is 2. The molecule has 4 aromatic rings. The minimum absolute atomic E-state index is 0.237. The molecule has 2 heterocycles. The monoisotopic (exact) mass is 438 g/mol. The molecule has 2 aromatic carbocycles. The highest BCUT2D eigenvalue weighted by Gasteiger charge is 2.34. The van der Waals surface area contributed by atoms with Crippen LogP contribution in [0.1, 0.15) is 33.9 Å². The number of ketones is 1. The van der Waals surface area contributed by atoms with Crippen molar-refractivity contribution in [3.63, 3.8) is 0 Å². The minimum atomic E-state index is -4.80. The van der Waals surface area contributed by atoms with Gasteiger partial charge in [0, 0.05) is 17.2 Å². The van der Waals surface area contributed by atoms with Crippen molar-refractivity contribution in [2.45, 2.75) is 31.8 Å². The molecule has 2 aromatic heterocycles. The van der Waals surface area contributed by atoms with E-state index in [4.69, 9.17) is 0 Å². The molecule has 0 amide bonds. The first-order valence-corrected chi connectivity index (χ1v) is 10.2. The number of rotatable bonds is 4. The Morgan fingerprint density at radius 2 is 1.94 bits per heavy atom. The number of ether oxygens (including phenoxy) is 1. The lowest BCUT2D eigenvalue weighted by atomic mass is 9.86. The number of hydrogen-bond donors (Lipinski definition) is 0. The largest absolute Gasteiger partial charge is 0.573 e. The third-order valence-corrected chi connectivity index (χ3v) is 5.69. The van der Waals surface area contributed by atoms with Gasteiger partial charge in [0.1, 0.15) is 5.75 Å². The number of carbonyl (C=O) groups excluding carboxylic acids is 1. The van der Waals surface area contributed by atoms with E-state index in [1.54, 1.807) is 6.33 Å². The molecule has 1 atom stereocenters. The number of carbonyl (C=O) groups is 1. The fourth-order valence-electron chi connectivity index (χ4n) is 4.23. The van der Waals surface area contributed by atoms with Crippen LogP contribution in [-0.2, 0) is 13.0 Å². The molecule has 0 spiro atoms. The van der Waals surface area contributed by atoms with Gasteiger partial charge in [-0.15, -0.1) is 13.2 Å². The highest BCUT2D eigenvalue weighted by Crippen LogP contribution is 2.34. The van der Waals surface area contributed by atoms with Gasteiger partial charge in [-0.05, 0) is 30.5 Å². The van der Waals surface area contributed by atoms with E-state index in [1.807, 2.05) is 57.9 Å². The lowest BCUT2D eigenvalue weighted by Gasteiger charge is -2.25. The van der Waals surface area contributed by atoms with Gasteiger partial charge in [-0.1, -0.05) is 36.4 Å². The summed E-state index contributed by atoms with van der Waals surface area (Å²) in [5.74, 6) is -0.623. The lowest BCUT2D eigenvalue weighted by Crippen LogP contribution is -2.33. The van der Waals surface area contributed by atoms with E-state index in [9.17, 15) is 18.0 Å². The first-order chi connectivity index (χ1) is 15.4. The third kappa shape index (κ3) is 3.95. The van der Waals surface area contributed by atoms with Crippen molar-refractivity contribution in [2.75, 3.05) is 0 Å². The first-order valence-electron chi connectivity index (χ1n) is 10.2. The number of hydrogen-bond acceptors (Lipinski definition) is 3. The number of imidazole rings is 1.